The van der Waals surface area contributed by atoms with E-state index in [1.807, 2.05) is 42.5 Å². The molecular weight excluding hydrogens is 340 g/mol. The van der Waals surface area contributed by atoms with Crippen molar-refractivity contribution in [2.45, 2.75) is 12.5 Å². The Morgan fingerprint density at radius 2 is 1.74 bits per heavy atom. The first-order valence-electron chi connectivity index (χ1n) is 8.94. The lowest BCUT2D eigenvalue weighted by Crippen LogP contribution is -2.27. The molecule has 0 aromatic heterocycles. The molecule has 0 radical (unpaired) electrons. The summed E-state index contributed by atoms with van der Waals surface area (Å²) in [5, 5.41) is 20.0. The summed E-state index contributed by atoms with van der Waals surface area (Å²) in [6.07, 6.45) is 0.164. The molecule has 0 saturated heterocycles. The van der Waals surface area contributed by atoms with Crippen molar-refractivity contribution in [3.05, 3.63) is 89.5 Å². The number of hydrogen-bond donors (Lipinski definition) is 2. The van der Waals surface area contributed by atoms with Crippen molar-refractivity contribution in [1.82, 2.24) is 0 Å². The van der Waals surface area contributed by atoms with Crippen LogP contribution < -0.4 is 4.74 Å². The molecule has 4 heteroatoms. The monoisotopic (exact) mass is 360 g/mol. The fourth-order valence-electron chi connectivity index (χ4n) is 3.54. The molecule has 1 aliphatic rings. The third-order valence-corrected chi connectivity index (χ3v) is 5.02. The van der Waals surface area contributed by atoms with E-state index in [4.69, 9.17) is 4.74 Å². The molecule has 1 aliphatic heterocycles. The summed E-state index contributed by atoms with van der Waals surface area (Å²) in [6.45, 7) is 0.446. The van der Waals surface area contributed by atoms with Crippen molar-refractivity contribution in [2.24, 2.45) is 5.92 Å². The summed E-state index contributed by atoms with van der Waals surface area (Å²) >= 11 is 0. The van der Waals surface area contributed by atoms with Crippen LogP contribution in [0.15, 0.2) is 72.8 Å². The minimum Gasteiger partial charge on any atom is -0.493 e. The van der Waals surface area contributed by atoms with Gasteiger partial charge < -0.3 is 14.9 Å². The zero-order chi connectivity index (χ0) is 18.8. The molecular formula is C23H20O4. The Morgan fingerprint density at radius 3 is 2.52 bits per heavy atom. The van der Waals surface area contributed by atoms with E-state index in [1.54, 1.807) is 18.2 Å². The zero-order valence-electron chi connectivity index (χ0n) is 14.7. The Labute approximate surface area is 157 Å². The Hall–Kier alpha value is -3.11. The van der Waals surface area contributed by atoms with Gasteiger partial charge in [-0.1, -0.05) is 54.6 Å². The minimum atomic E-state index is -0.953. The van der Waals surface area contributed by atoms with Crippen LogP contribution >= 0.6 is 0 Å². The summed E-state index contributed by atoms with van der Waals surface area (Å²) in [6, 6.07) is 22.5. The number of fused-ring (bicyclic) bond motifs is 1. The summed E-state index contributed by atoms with van der Waals surface area (Å²) in [5.41, 5.74) is 3.87. The average molecular weight is 360 g/mol. The molecule has 3 aromatic carbocycles. The Bertz CT molecular complexity index is 965. The Balaban J connectivity index is 1.59. The fraction of sp³-hybridized carbons (Fsp3) is 0.174. The van der Waals surface area contributed by atoms with Crippen LogP contribution in [0.5, 0.6) is 5.75 Å². The van der Waals surface area contributed by atoms with E-state index in [0.29, 0.717) is 12.4 Å². The van der Waals surface area contributed by atoms with Crippen LogP contribution in [0.1, 0.15) is 27.6 Å². The van der Waals surface area contributed by atoms with Gasteiger partial charge >= 0.3 is 5.97 Å². The number of ether oxygens (including phenoxy) is 1. The number of carboxylic acids is 1. The topological polar surface area (TPSA) is 66.8 Å². The number of rotatable bonds is 4. The molecule has 0 fully saturated rings. The number of hydrogen-bond acceptors (Lipinski definition) is 3. The van der Waals surface area contributed by atoms with Gasteiger partial charge in [0.2, 0.25) is 0 Å². The number of aliphatic hydroxyl groups is 1. The first kappa shape index (κ1) is 17.3. The highest BCUT2D eigenvalue weighted by molar-refractivity contribution is 5.89. The number of aliphatic hydroxyl groups excluding tert-OH is 1. The number of aromatic carboxylic acids is 1. The van der Waals surface area contributed by atoms with Gasteiger partial charge in [0.25, 0.3) is 0 Å². The van der Waals surface area contributed by atoms with E-state index in [0.717, 1.165) is 23.1 Å². The molecule has 27 heavy (non-hydrogen) atoms. The largest absolute Gasteiger partial charge is 0.493 e. The number of carbonyl (C=O) groups is 1. The maximum atomic E-state index is 11.2. The summed E-state index contributed by atoms with van der Waals surface area (Å²) < 4.78 is 5.94. The highest BCUT2D eigenvalue weighted by Crippen LogP contribution is 2.39. The fourth-order valence-corrected chi connectivity index (χ4v) is 3.54. The van der Waals surface area contributed by atoms with Crippen LogP contribution in [0.2, 0.25) is 0 Å². The summed E-state index contributed by atoms with van der Waals surface area (Å²) in [5.74, 6) is -0.295. The Morgan fingerprint density at radius 1 is 0.963 bits per heavy atom. The molecule has 2 atom stereocenters. The molecule has 136 valence electrons. The second kappa shape index (κ2) is 7.25. The van der Waals surface area contributed by atoms with Crippen LogP contribution in [-0.4, -0.2) is 22.8 Å². The van der Waals surface area contributed by atoms with Gasteiger partial charge in [0.05, 0.1) is 18.3 Å². The SMILES string of the molecule is O=C(O)c1cccc(-c2ccc3c(c2)OCC(Cc2ccccc2)C3O)c1. The number of carboxylic acid groups (broad SMARTS) is 1. The van der Waals surface area contributed by atoms with Gasteiger partial charge in [-0.05, 0) is 41.3 Å². The summed E-state index contributed by atoms with van der Waals surface area (Å²) in [7, 11) is 0. The van der Waals surface area contributed by atoms with Crippen LogP contribution in [0.3, 0.4) is 0 Å². The molecule has 0 amide bonds. The van der Waals surface area contributed by atoms with Crippen molar-refractivity contribution in [1.29, 1.82) is 0 Å². The molecule has 3 aromatic rings. The Kier molecular flexibility index (Phi) is 4.65. The van der Waals surface area contributed by atoms with Gasteiger partial charge in [0.15, 0.2) is 0 Å². The molecule has 4 nitrogen and oxygen atoms in total. The van der Waals surface area contributed by atoms with Crippen LogP contribution in [0.25, 0.3) is 11.1 Å². The van der Waals surface area contributed by atoms with Crippen molar-refractivity contribution < 1.29 is 19.7 Å². The van der Waals surface area contributed by atoms with E-state index < -0.39 is 12.1 Å². The molecule has 4 rings (SSSR count). The van der Waals surface area contributed by atoms with E-state index in [9.17, 15) is 15.0 Å². The standard InChI is InChI=1S/C23H20O4/c24-22-19(11-15-5-2-1-3-6-15)14-27-21-13-17(9-10-20(21)22)16-7-4-8-18(12-16)23(25)26/h1-10,12-13,19,22,24H,11,14H2,(H,25,26). The third kappa shape index (κ3) is 3.57. The first-order chi connectivity index (χ1) is 13.1. The van der Waals surface area contributed by atoms with E-state index in [-0.39, 0.29) is 11.5 Å². The molecule has 0 bridgehead atoms. The quantitative estimate of drug-likeness (QED) is 0.726. The first-order valence-corrected chi connectivity index (χ1v) is 8.94. The molecule has 0 aliphatic carbocycles. The van der Waals surface area contributed by atoms with Gasteiger partial charge in [0.1, 0.15) is 5.75 Å². The molecule has 2 N–H and O–H groups in total. The third-order valence-electron chi connectivity index (χ3n) is 5.02. The second-order valence-corrected chi connectivity index (χ2v) is 6.84. The van der Waals surface area contributed by atoms with E-state index in [2.05, 4.69) is 12.1 Å². The maximum absolute atomic E-state index is 11.2. The second-order valence-electron chi connectivity index (χ2n) is 6.84. The lowest BCUT2D eigenvalue weighted by molar-refractivity contribution is 0.0508. The lowest BCUT2D eigenvalue weighted by Gasteiger charge is -2.30. The van der Waals surface area contributed by atoms with Crippen LogP contribution in [-0.2, 0) is 6.42 Å². The van der Waals surface area contributed by atoms with Gasteiger partial charge in [-0.25, -0.2) is 4.79 Å². The van der Waals surface area contributed by atoms with Crippen LogP contribution in [0, 0.1) is 5.92 Å². The molecule has 2 unspecified atom stereocenters. The van der Waals surface area contributed by atoms with Crippen molar-refractivity contribution in [3.63, 3.8) is 0 Å². The van der Waals surface area contributed by atoms with Gasteiger partial charge in [-0.15, -0.1) is 0 Å². The van der Waals surface area contributed by atoms with Crippen molar-refractivity contribution in [2.75, 3.05) is 6.61 Å². The van der Waals surface area contributed by atoms with E-state index >= 15 is 0 Å². The predicted molar refractivity (Wildman–Crippen MR) is 103 cm³/mol. The normalized spacial score (nSPS) is 18.4. The lowest BCUT2D eigenvalue weighted by atomic mass is 9.87. The van der Waals surface area contributed by atoms with Crippen molar-refractivity contribution in [3.8, 4) is 16.9 Å². The maximum Gasteiger partial charge on any atom is 0.335 e. The smallest absolute Gasteiger partial charge is 0.335 e. The van der Waals surface area contributed by atoms with Gasteiger partial charge in [0, 0.05) is 11.5 Å². The van der Waals surface area contributed by atoms with Gasteiger partial charge in [-0.2, -0.15) is 0 Å². The van der Waals surface area contributed by atoms with Crippen LogP contribution in [0.4, 0.5) is 0 Å². The predicted octanol–water partition coefficient (Wildman–Crippen LogP) is 4.34. The minimum absolute atomic E-state index is 0.00101. The van der Waals surface area contributed by atoms with Gasteiger partial charge in [-0.3, -0.25) is 0 Å². The summed E-state index contributed by atoms with van der Waals surface area (Å²) in [4.78, 5) is 11.2. The van der Waals surface area contributed by atoms with Crippen molar-refractivity contribution >= 4 is 5.97 Å². The highest BCUT2D eigenvalue weighted by atomic mass is 16.5. The van der Waals surface area contributed by atoms with E-state index in [1.165, 1.54) is 5.56 Å². The highest BCUT2D eigenvalue weighted by Gasteiger charge is 2.29. The number of benzene rings is 3. The zero-order valence-corrected chi connectivity index (χ0v) is 14.7. The molecule has 0 spiro atoms. The molecule has 0 saturated carbocycles. The average Bonchev–Trinajstić information content (AvgIpc) is 2.71. The molecule has 1 heterocycles.